The minimum Gasteiger partial charge on any atom is -0.468 e. The summed E-state index contributed by atoms with van der Waals surface area (Å²) in [5.74, 6) is -0.103. The van der Waals surface area contributed by atoms with Gasteiger partial charge in [0.15, 0.2) is 5.78 Å². The molecule has 0 N–H and O–H groups in total. The molecule has 1 aromatic rings. The second-order valence-corrected chi connectivity index (χ2v) is 4.08. The van der Waals surface area contributed by atoms with E-state index >= 15 is 0 Å². The average molecular weight is 221 g/mol. The zero-order valence-electron chi connectivity index (χ0n) is 9.36. The van der Waals surface area contributed by atoms with Crippen LogP contribution in [0.15, 0.2) is 12.4 Å². The number of rotatable bonds is 2. The van der Waals surface area contributed by atoms with Gasteiger partial charge >= 0.3 is 5.97 Å². The molecule has 0 bridgehead atoms. The number of fused-ring (bicyclic) bond motifs is 1. The number of nitrogens with zero attached hydrogens (tertiary/aromatic N) is 1. The van der Waals surface area contributed by atoms with Crippen LogP contribution >= 0.6 is 0 Å². The Labute approximate surface area is 94.2 Å². The number of Topliss-reactive ketones (excluding diaryl/α,β-unsaturated/α-hetero) is 1. The predicted octanol–water partition coefficient (Wildman–Crippen LogP) is 1.57. The van der Waals surface area contributed by atoms with E-state index in [1.807, 2.05) is 6.20 Å². The lowest BCUT2D eigenvalue weighted by atomic mass is 10.1. The molecule has 1 aliphatic carbocycles. The SMILES string of the molecule is COC(=O)Cn1cc2c(c1)C(=O)CCCC2. The zero-order valence-corrected chi connectivity index (χ0v) is 9.36. The van der Waals surface area contributed by atoms with Crippen molar-refractivity contribution in [2.45, 2.75) is 32.2 Å². The highest BCUT2D eigenvalue weighted by Gasteiger charge is 2.18. The third-order valence-corrected chi connectivity index (χ3v) is 2.90. The van der Waals surface area contributed by atoms with Crippen molar-refractivity contribution >= 4 is 11.8 Å². The van der Waals surface area contributed by atoms with Gasteiger partial charge in [0.1, 0.15) is 6.54 Å². The largest absolute Gasteiger partial charge is 0.468 e. The highest BCUT2D eigenvalue weighted by Crippen LogP contribution is 2.21. The van der Waals surface area contributed by atoms with Crippen molar-refractivity contribution < 1.29 is 14.3 Å². The van der Waals surface area contributed by atoms with E-state index < -0.39 is 0 Å². The molecule has 0 unspecified atom stereocenters. The average Bonchev–Trinajstić information content (AvgIpc) is 2.59. The molecule has 0 amide bonds. The molecule has 0 atom stereocenters. The van der Waals surface area contributed by atoms with E-state index in [0.717, 1.165) is 30.4 Å². The molecule has 86 valence electrons. The Morgan fingerprint density at radius 1 is 1.38 bits per heavy atom. The highest BCUT2D eigenvalue weighted by atomic mass is 16.5. The summed E-state index contributed by atoms with van der Waals surface area (Å²) in [5, 5.41) is 0. The van der Waals surface area contributed by atoms with Crippen LogP contribution in [-0.2, 0) is 22.5 Å². The summed E-state index contributed by atoms with van der Waals surface area (Å²) in [6, 6.07) is 0. The molecule has 16 heavy (non-hydrogen) atoms. The van der Waals surface area contributed by atoms with Crippen molar-refractivity contribution in [3.63, 3.8) is 0 Å². The second-order valence-electron chi connectivity index (χ2n) is 4.08. The van der Waals surface area contributed by atoms with Gasteiger partial charge in [0.05, 0.1) is 7.11 Å². The van der Waals surface area contributed by atoms with Crippen molar-refractivity contribution in [1.29, 1.82) is 0 Å². The Balaban J connectivity index is 2.22. The van der Waals surface area contributed by atoms with E-state index in [4.69, 9.17) is 0 Å². The van der Waals surface area contributed by atoms with Crippen LogP contribution in [0.1, 0.15) is 35.2 Å². The van der Waals surface area contributed by atoms with Gasteiger partial charge in [-0.2, -0.15) is 0 Å². The van der Waals surface area contributed by atoms with Crippen LogP contribution in [0.4, 0.5) is 0 Å². The monoisotopic (exact) mass is 221 g/mol. The van der Waals surface area contributed by atoms with Crippen LogP contribution in [0.3, 0.4) is 0 Å². The summed E-state index contributed by atoms with van der Waals surface area (Å²) in [6.07, 6.45) is 7.20. The van der Waals surface area contributed by atoms with E-state index in [1.165, 1.54) is 7.11 Å². The Bertz CT molecular complexity index is 420. The Morgan fingerprint density at radius 2 is 2.12 bits per heavy atom. The summed E-state index contributed by atoms with van der Waals surface area (Å²) >= 11 is 0. The van der Waals surface area contributed by atoms with Crippen LogP contribution in [0.2, 0.25) is 0 Å². The predicted molar refractivity (Wildman–Crippen MR) is 58.3 cm³/mol. The van der Waals surface area contributed by atoms with Crippen LogP contribution in [0.25, 0.3) is 0 Å². The van der Waals surface area contributed by atoms with Gasteiger partial charge in [0, 0.05) is 24.4 Å². The molecule has 1 aromatic heterocycles. The Morgan fingerprint density at radius 3 is 2.88 bits per heavy atom. The van der Waals surface area contributed by atoms with Crippen LogP contribution in [0.5, 0.6) is 0 Å². The number of methoxy groups -OCH3 is 1. The lowest BCUT2D eigenvalue weighted by Crippen LogP contribution is -2.10. The van der Waals surface area contributed by atoms with Gasteiger partial charge in [-0.05, 0) is 24.8 Å². The number of carbonyl (C=O) groups excluding carboxylic acids is 2. The van der Waals surface area contributed by atoms with E-state index in [0.29, 0.717) is 6.42 Å². The fourth-order valence-electron chi connectivity index (χ4n) is 2.05. The molecule has 0 fully saturated rings. The van der Waals surface area contributed by atoms with Gasteiger partial charge < -0.3 is 9.30 Å². The molecule has 0 aliphatic heterocycles. The number of esters is 1. The first-order chi connectivity index (χ1) is 7.70. The minimum absolute atomic E-state index is 0.177. The van der Waals surface area contributed by atoms with Gasteiger partial charge in [-0.25, -0.2) is 0 Å². The number of aryl methyl sites for hydroxylation is 1. The maximum absolute atomic E-state index is 11.7. The molecular weight excluding hydrogens is 206 g/mol. The highest BCUT2D eigenvalue weighted by molar-refractivity contribution is 5.97. The fraction of sp³-hybridized carbons (Fsp3) is 0.500. The van der Waals surface area contributed by atoms with E-state index in [2.05, 4.69) is 4.74 Å². The lowest BCUT2D eigenvalue weighted by molar-refractivity contribution is -0.141. The Hall–Kier alpha value is -1.58. The molecule has 4 nitrogen and oxygen atoms in total. The smallest absolute Gasteiger partial charge is 0.325 e. The van der Waals surface area contributed by atoms with Crippen molar-refractivity contribution in [2.24, 2.45) is 0 Å². The first-order valence-corrected chi connectivity index (χ1v) is 5.49. The normalized spacial score (nSPS) is 15.4. The number of hydrogen-bond donors (Lipinski definition) is 0. The van der Waals surface area contributed by atoms with E-state index in [1.54, 1.807) is 10.8 Å². The first-order valence-electron chi connectivity index (χ1n) is 5.49. The van der Waals surface area contributed by atoms with Crippen molar-refractivity contribution in [3.05, 3.63) is 23.5 Å². The molecular formula is C12H15NO3. The summed E-state index contributed by atoms with van der Waals surface area (Å²) < 4.78 is 6.33. The zero-order chi connectivity index (χ0) is 11.5. The second kappa shape index (κ2) is 4.51. The first kappa shape index (κ1) is 10.9. The van der Waals surface area contributed by atoms with Crippen molar-refractivity contribution in [3.8, 4) is 0 Å². The molecule has 1 heterocycles. The van der Waals surface area contributed by atoms with Gasteiger partial charge in [-0.3, -0.25) is 9.59 Å². The summed E-state index contributed by atoms with van der Waals surface area (Å²) in [6.45, 7) is 0.177. The minimum atomic E-state index is -0.294. The van der Waals surface area contributed by atoms with Crippen LogP contribution < -0.4 is 0 Å². The summed E-state index contributed by atoms with van der Waals surface area (Å²) in [7, 11) is 1.36. The number of ketones is 1. The lowest BCUT2D eigenvalue weighted by Gasteiger charge is -2.00. The molecule has 1 aliphatic rings. The fourth-order valence-corrected chi connectivity index (χ4v) is 2.05. The molecule has 0 saturated heterocycles. The van der Waals surface area contributed by atoms with Gasteiger partial charge in [-0.1, -0.05) is 0 Å². The van der Waals surface area contributed by atoms with E-state index in [-0.39, 0.29) is 18.3 Å². The van der Waals surface area contributed by atoms with Crippen LogP contribution in [0, 0.1) is 0 Å². The summed E-state index contributed by atoms with van der Waals surface area (Å²) in [4.78, 5) is 22.9. The molecule has 0 spiro atoms. The summed E-state index contributed by atoms with van der Waals surface area (Å²) in [5.41, 5.74) is 1.84. The number of carbonyl (C=O) groups is 2. The van der Waals surface area contributed by atoms with Gasteiger partial charge in [-0.15, -0.1) is 0 Å². The maximum Gasteiger partial charge on any atom is 0.325 e. The quantitative estimate of drug-likeness (QED) is 0.562. The third-order valence-electron chi connectivity index (χ3n) is 2.90. The number of hydrogen-bond acceptors (Lipinski definition) is 3. The topological polar surface area (TPSA) is 48.3 Å². The number of aromatic nitrogens is 1. The number of ether oxygens (including phenoxy) is 1. The van der Waals surface area contributed by atoms with Gasteiger partial charge in [0.25, 0.3) is 0 Å². The van der Waals surface area contributed by atoms with Crippen molar-refractivity contribution in [1.82, 2.24) is 4.57 Å². The third kappa shape index (κ3) is 2.15. The Kier molecular flexibility index (Phi) is 3.08. The molecule has 4 heteroatoms. The van der Waals surface area contributed by atoms with Crippen LogP contribution in [-0.4, -0.2) is 23.4 Å². The molecule has 0 saturated carbocycles. The molecule has 2 rings (SSSR count). The van der Waals surface area contributed by atoms with E-state index in [9.17, 15) is 9.59 Å². The van der Waals surface area contributed by atoms with Crippen molar-refractivity contribution in [2.75, 3.05) is 7.11 Å². The molecule has 0 aromatic carbocycles. The van der Waals surface area contributed by atoms with Gasteiger partial charge in [0.2, 0.25) is 0 Å². The standard InChI is InChI=1S/C12H15NO3/c1-16-12(15)8-13-6-9-4-2-3-5-11(14)10(9)7-13/h6-7H,2-5,8H2,1H3. The molecule has 0 radical (unpaired) electrons. The maximum atomic E-state index is 11.7.